The molecule has 0 aliphatic heterocycles. The molecule has 0 amide bonds. The number of thiophene rings is 2. The lowest BCUT2D eigenvalue weighted by atomic mass is 10.3. The summed E-state index contributed by atoms with van der Waals surface area (Å²) >= 11 is 5.49. The minimum atomic E-state index is -0.165. The third kappa shape index (κ3) is 4.41. The van der Waals surface area contributed by atoms with E-state index in [0.29, 0.717) is 0 Å². The molecule has 4 aromatic rings. The Kier molecular flexibility index (Phi) is 6.32. The highest BCUT2D eigenvalue weighted by molar-refractivity contribution is 8.03. The SMILES string of the molecule is COc1ccc([S+](c2ccc(OC)cc2)c2ccc(Sc3cccs3)s2)cc1. The standard InChI is InChI=1S/C22H19O2S4/c1-23-16-5-9-18(10-6-16)28(19-11-7-17(24-2)8-12-19)22-14-13-21(27-22)26-20-4-3-15-25-20/h3-15H,1-2H3/q+1. The quantitative estimate of drug-likeness (QED) is 0.285. The first-order valence-electron chi connectivity index (χ1n) is 8.60. The van der Waals surface area contributed by atoms with E-state index in [1.807, 2.05) is 47.4 Å². The Labute approximate surface area is 180 Å². The first kappa shape index (κ1) is 19.5. The first-order chi connectivity index (χ1) is 13.8. The van der Waals surface area contributed by atoms with Crippen molar-refractivity contribution in [3.8, 4) is 11.5 Å². The van der Waals surface area contributed by atoms with Crippen LogP contribution in [0.15, 0.2) is 101 Å². The van der Waals surface area contributed by atoms with E-state index < -0.39 is 0 Å². The number of benzene rings is 2. The second-order valence-corrected chi connectivity index (χ2v) is 11.7. The average Bonchev–Trinajstić information content (AvgIpc) is 3.42. The van der Waals surface area contributed by atoms with Crippen LogP contribution in [0.25, 0.3) is 0 Å². The van der Waals surface area contributed by atoms with Gasteiger partial charge in [0.1, 0.15) is 22.4 Å². The summed E-state index contributed by atoms with van der Waals surface area (Å²) in [6, 6.07) is 25.6. The van der Waals surface area contributed by atoms with Crippen LogP contribution in [0.5, 0.6) is 11.5 Å². The van der Waals surface area contributed by atoms with E-state index in [1.54, 1.807) is 25.6 Å². The lowest BCUT2D eigenvalue weighted by molar-refractivity contribution is 0.414. The van der Waals surface area contributed by atoms with Crippen LogP contribution in [0.4, 0.5) is 0 Å². The van der Waals surface area contributed by atoms with E-state index in [9.17, 15) is 0 Å². The highest BCUT2D eigenvalue weighted by Crippen LogP contribution is 2.42. The smallest absolute Gasteiger partial charge is 0.221 e. The molecule has 0 unspecified atom stereocenters. The zero-order valence-corrected chi connectivity index (χ0v) is 18.7. The molecule has 28 heavy (non-hydrogen) atoms. The Morgan fingerprint density at radius 3 is 1.82 bits per heavy atom. The van der Waals surface area contributed by atoms with Gasteiger partial charge >= 0.3 is 0 Å². The first-order valence-corrected chi connectivity index (χ1v) is 12.3. The Morgan fingerprint density at radius 2 is 1.32 bits per heavy atom. The summed E-state index contributed by atoms with van der Waals surface area (Å²) in [4.78, 5) is 2.56. The van der Waals surface area contributed by atoms with E-state index in [1.165, 1.54) is 22.4 Å². The molecule has 0 saturated heterocycles. The van der Waals surface area contributed by atoms with Crippen molar-refractivity contribution >= 4 is 45.3 Å². The van der Waals surface area contributed by atoms with Gasteiger partial charge in [-0.05, 0) is 66.0 Å². The number of hydrogen-bond acceptors (Lipinski definition) is 5. The van der Waals surface area contributed by atoms with Crippen LogP contribution in [0, 0.1) is 0 Å². The number of rotatable bonds is 7. The molecule has 0 radical (unpaired) electrons. The van der Waals surface area contributed by atoms with Crippen molar-refractivity contribution in [1.29, 1.82) is 0 Å². The lowest BCUT2D eigenvalue weighted by Crippen LogP contribution is -2.03. The molecule has 2 heterocycles. The summed E-state index contributed by atoms with van der Waals surface area (Å²) in [5.74, 6) is 1.75. The minimum Gasteiger partial charge on any atom is -0.497 e. The summed E-state index contributed by atoms with van der Waals surface area (Å²) in [5.41, 5.74) is 0. The highest BCUT2D eigenvalue weighted by Gasteiger charge is 2.31. The molecule has 0 aliphatic carbocycles. The van der Waals surface area contributed by atoms with Gasteiger partial charge in [0.05, 0.1) is 22.6 Å². The Balaban J connectivity index is 1.70. The molecular weight excluding hydrogens is 425 g/mol. The van der Waals surface area contributed by atoms with E-state index in [-0.39, 0.29) is 10.9 Å². The Hall–Kier alpha value is -1.86. The second kappa shape index (κ2) is 9.09. The van der Waals surface area contributed by atoms with Crippen molar-refractivity contribution in [3.05, 3.63) is 78.2 Å². The summed E-state index contributed by atoms with van der Waals surface area (Å²) in [5, 5.41) is 2.12. The molecular formula is C22H19O2S4+. The third-order valence-electron chi connectivity index (χ3n) is 4.04. The molecule has 6 heteroatoms. The molecule has 0 saturated carbocycles. The van der Waals surface area contributed by atoms with E-state index >= 15 is 0 Å². The Morgan fingerprint density at radius 1 is 0.714 bits per heavy atom. The molecule has 4 rings (SSSR count). The topological polar surface area (TPSA) is 18.5 Å². The maximum atomic E-state index is 5.34. The van der Waals surface area contributed by atoms with Gasteiger partial charge in [0.2, 0.25) is 4.21 Å². The van der Waals surface area contributed by atoms with Crippen molar-refractivity contribution in [3.63, 3.8) is 0 Å². The number of methoxy groups -OCH3 is 2. The zero-order valence-electron chi connectivity index (χ0n) is 15.5. The third-order valence-corrected chi connectivity index (χ3v) is 9.87. The van der Waals surface area contributed by atoms with Crippen molar-refractivity contribution < 1.29 is 9.47 Å². The van der Waals surface area contributed by atoms with E-state index in [2.05, 4.69) is 53.9 Å². The van der Waals surface area contributed by atoms with Gasteiger partial charge in [-0.15, -0.1) is 11.3 Å². The van der Waals surface area contributed by atoms with Crippen molar-refractivity contribution in [2.75, 3.05) is 14.2 Å². The number of hydrogen-bond donors (Lipinski definition) is 0. The fourth-order valence-electron chi connectivity index (χ4n) is 2.68. The van der Waals surface area contributed by atoms with Gasteiger partial charge in [-0.2, -0.15) is 0 Å². The van der Waals surface area contributed by atoms with Crippen LogP contribution in [-0.4, -0.2) is 14.2 Å². The molecule has 2 aromatic carbocycles. The van der Waals surface area contributed by atoms with Gasteiger partial charge in [-0.25, -0.2) is 0 Å². The lowest BCUT2D eigenvalue weighted by Gasteiger charge is -2.07. The fraction of sp³-hybridized carbons (Fsp3) is 0.0909. The zero-order chi connectivity index (χ0) is 19.3. The monoisotopic (exact) mass is 443 g/mol. The fourth-order valence-corrected chi connectivity index (χ4v) is 8.67. The maximum absolute atomic E-state index is 5.34. The van der Waals surface area contributed by atoms with Crippen LogP contribution in [-0.2, 0) is 10.9 Å². The molecule has 0 bridgehead atoms. The van der Waals surface area contributed by atoms with Gasteiger partial charge in [0.25, 0.3) is 0 Å². The largest absolute Gasteiger partial charge is 0.497 e. The summed E-state index contributed by atoms with van der Waals surface area (Å²) in [6.07, 6.45) is 0. The van der Waals surface area contributed by atoms with Gasteiger partial charge < -0.3 is 9.47 Å². The summed E-state index contributed by atoms with van der Waals surface area (Å²) < 4.78 is 14.7. The Bertz CT molecular complexity index is 958. The van der Waals surface area contributed by atoms with Crippen LogP contribution >= 0.6 is 34.4 Å². The molecule has 0 fully saturated rings. The normalized spacial score (nSPS) is 11.0. The minimum absolute atomic E-state index is 0.165. The second-order valence-electron chi connectivity index (χ2n) is 5.76. The number of ether oxygens (including phenoxy) is 2. The maximum Gasteiger partial charge on any atom is 0.221 e. The molecule has 0 spiro atoms. The van der Waals surface area contributed by atoms with Crippen LogP contribution in [0.3, 0.4) is 0 Å². The average molecular weight is 444 g/mol. The summed E-state index contributed by atoms with van der Waals surface area (Å²) in [6.45, 7) is 0. The van der Waals surface area contributed by atoms with Crippen LogP contribution in [0.1, 0.15) is 0 Å². The van der Waals surface area contributed by atoms with E-state index in [0.717, 1.165) is 11.5 Å². The molecule has 0 atom stereocenters. The van der Waals surface area contributed by atoms with Crippen molar-refractivity contribution in [2.24, 2.45) is 0 Å². The van der Waals surface area contributed by atoms with Crippen molar-refractivity contribution in [1.82, 2.24) is 0 Å². The van der Waals surface area contributed by atoms with Gasteiger partial charge in [0.15, 0.2) is 9.79 Å². The van der Waals surface area contributed by atoms with Crippen LogP contribution < -0.4 is 9.47 Å². The van der Waals surface area contributed by atoms with Gasteiger partial charge in [-0.3, -0.25) is 0 Å². The highest BCUT2D eigenvalue weighted by atomic mass is 32.2. The predicted molar refractivity (Wildman–Crippen MR) is 121 cm³/mol. The predicted octanol–water partition coefficient (Wildman–Crippen LogP) is 7.07. The summed E-state index contributed by atoms with van der Waals surface area (Å²) in [7, 11) is 3.23. The van der Waals surface area contributed by atoms with Crippen LogP contribution in [0.2, 0.25) is 0 Å². The molecule has 0 N–H and O–H groups in total. The molecule has 0 aliphatic rings. The van der Waals surface area contributed by atoms with E-state index in [4.69, 9.17) is 9.47 Å². The molecule has 142 valence electrons. The van der Waals surface area contributed by atoms with Crippen molar-refractivity contribution in [2.45, 2.75) is 22.4 Å². The van der Waals surface area contributed by atoms with Gasteiger partial charge in [0, 0.05) is 6.07 Å². The molecule has 2 nitrogen and oxygen atoms in total. The molecule has 2 aromatic heterocycles. The van der Waals surface area contributed by atoms with Gasteiger partial charge in [-0.1, -0.05) is 29.2 Å².